The number of hydrogen-bond donors (Lipinski definition) is 0. The monoisotopic (exact) mass is 377 g/mol. The van der Waals surface area contributed by atoms with E-state index in [-0.39, 0.29) is 5.82 Å². The SMILES string of the molecule is COc1cccc(F)c1-c1cc2cnn(COCCS(C)(C)C)c2cn1. The lowest BCUT2D eigenvalue weighted by Crippen LogP contribution is -2.10. The first-order chi connectivity index (χ1) is 12.4. The number of halogens is 1. The van der Waals surface area contributed by atoms with Gasteiger partial charge in [-0.25, -0.2) is 19.1 Å². The number of benzene rings is 1. The van der Waals surface area contributed by atoms with Gasteiger partial charge in [0.25, 0.3) is 0 Å². The molecule has 26 heavy (non-hydrogen) atoms. The number of hydrogen-bond acceptors (Lipinski definition) is 4. The van der Waals surface area contributed by atoms with Gasteiger partial charge in [0, 0.05) is 11.1 Å². The lowest BCUT2D eigenvalue weighted by Gasteiger charge is -2.24. The molecule has 5 nitrogen and oxygen atoms in total. The molecule has 0 fully saturated rings. The largest absolute Gasteiger partial charge is 0.496 e. The van der Waals surface area contributed by atoms with E-state index in [2.05, 4.69) is 28.8 Å². The zero-order valence-electron chi connectivity index (χ0n) is 15.5. The molecule has 140 valence electrons. The van der Waals surface area contributed by atoms with Gasteiger partial charge in [0.15, 0.2) is 0 Å². The van der Waals surface area contributed by atoms with E-state index in [1.165, 1.54) is 13.2 Å². The van der Waals surface area contributed by atoms with E-state index in [0.717, 1.165) is 16.7 Å². The molecule has 0 spiro atoms. The van der Waals surface area contributed by atoms with Gasteiger partial charge in [0.2, 0.25) is 0 Å². The normalized spacial score (nSPS) is 12.5. The first-order valence-electron chi connectivity index (χ1n) is 8.27. The number of rotatable bonds is 7. The van der Waals surface area contributed by atoms with Gasteiger partial charge in [-0.2, -0.15) is 5.10 Å². The fraction of sp³-hybridized carbons (Fsp3) is 0.368. The number of nitrogens with zero attached hydrogens (tertiary/aromatic N) is 3. The van der Waals surface area contributed by atoms with Crippen molar-refractivity contribution in [2.75, 3.05) is 38.2 Å². The molecule has 0 radical (unpaired) electrons. The highest BCUT2D eigenvalue weighted by molar-refractivity contribution is 8.32. The minimum atomic E-state index is -0.569. The Labute approximate surface area is 154 Å². The summed E-state index contributed by atoms with van der Waals surface area (Å²) in [4.78, 5) is 4.41. The predicted octanol–water partition coefficient (Wildman–Crippen LogP) is 3.91. The summed E-state index contributed by atoms with van der Waals surface area (Å²) in [5.41, 5.74) is 1.73. The van der Waals surface area contributed by atoms with Gasteiger partial charge in [0.05, 0.1) is 42.9 Å². The Morgan fingerprint density at radius 1 is 1.19 bits per heavy atom. The molecule has 0 saturated heterocycles. The summed E-state index contributed by atoms with van der Waals surface area (Å²) >= 11 is 0. The molecule has 0 saturated carbocycles. The zero-order valence-corrected chi connectivity index (χ0v) is 16.3. The molecule has 0 aliphatic heterocycles. The molecule has 3 rings (SSSR count). The Morgan fingerprint density at radius 2 is 2.00 bits per heavy atom. The summed E-state index contributed by atoms with van der Waals surface area (Å²) in [6, 6.07) is 6.56. The minimum absolute atomic E-state index is 0.356. The maximum absolute atomic E-state index is 14.3. The molecule has 0 unspecified atom stereocenters. The summed E-state index contributed by atoms with van der Waals surface area (Å²) in [7, 11) is 0.950. The summed E-state index contributed by atoms with van der Waals surface area (Å²) in [6.07, 6.45) is 10.2. The van der Waals surface area contributed by atoms with Crippen molar-refractivity contribution in [1.82, 2.24) is 14.8 Å². The van der Waals surface area contributed by atoms with Crippen LogP contribution in [0.3, 0.4) is 0 Å². The fourth-order valence-electron chi connectivity index (χ4n) is 2.60. The minimum Gasteiger partial charge on any atom is -0.496 e. The van der Waals surface area contributed by atoms with Crippen LogP contribution in [-0.2, 0) is 11.5 Å². The highest BCUT2D eigenvalue weighted by Gasteiger charge is 2.14. The summed E-state index contributed by atoms with van der Waals surface area (Å²) in [5.74, 6) is 1.15. The van der Waals surface area contributed by atoms with Crippen LogP contribution >= 0.6 is 10.0 Å². The topological polar surface area (TPSA) is 49.2 Å². The van der Waals surface area contributed by atoms with E-state index in [0.29, 0.717) is 30.3 Å². The molecular formula is C19H24FN3O2S. The van der Waals surface area contributed by atoms with Gasteiger partial charge in [-0.1, -0.05) is 6.07 Å². The lowest BCUT2D eigenvalue weighted by molar-refractivity contribution is 0.0840. The molecule has 2 aromatic heterocycles. The molecule has 0 aliphatic rings. The molecule has 2 heterocycles. The summed E-state index contributed by atoms with van der Waals surface area (Å²) in [5, 5.41) is 5.24. The molecule has 0 N–H and O–H groups in total. The highest BCUT2D eigenvalue weighted by atomic mass is 32.3. The number of aromatic nitrogens is 3. The van der Waals surface area contributed by atoms with Gasteiger partial charge in [-0.05, 0) is 37.0 Å². The number of methoxy groups -OCH3 is 1. The van der Waals surface area contributed by atoms with Gasteiger partial charge in [0.1, 0.15) is 18.3 Å². The van der Waals surface area contributed by atoms with E-state index < -0.39 is 10.0 Å². The Kier molecular flexibility index (Phi) is 5.48. The van der Waals surface area contributed by atoms with Crippen molar-refractivity contribution in [1.29, 1.82) is 0 Å². The van der Waals surface area contributed by atoms with Crippen LogP contribution in [0.2, 0.25) is 0 Å². The van der Waals surface area contributed by atoms with Crippen molar-refractivity contribution in [2.45, 2.75) is 6.73 Å². The third-order valence-corrected chi connectivity index (χ3v) is 5.42. The Bertz CT molecular complexity index is 905. The van der Waals surface area contributed by atoms with Crippen LogP contribution in [0, 0.1) is 5.82 Å². The highest BCUT2D eigenvalue weighted by Crippen LogP contribution is 2.34. The maximum atomic E-state index is 14.3. The van der Waals surface area contributed by atoms with Crippen molar-refractivity contribution < 1.29 is 13.9 Å². The Balaban J connectivity index is 1.82. The fourth-order valence-corrected chi connectivity index (χ4v) is 3.22. The van der Waals surface area contributed by atoms with Gasteiger partial charge < -0.3 is 9.47 Å². The first kappa shape index (κ1) is 18.7. The van der Waals surface area contributed by atoms with Crippen LogP contribution < -0.4 is 4.74 Å². The molecule has 0 amide bonds. The van der Waals surface area contributed by atoms with Gasteiger partial charge in [-0.3, -0.25) is 4.98 Å². The van der Waals surface area contributed by atoms with E-state index in [4.69, 9.17) is 9.47 Å². The molecule has 0 aliphatic carbocycles. The second-order valence-electron chi connectivity index (χ2n) is 6.92. The molecule has 3 aromatic rings. The molecule has 7 heteroatoms. The second-order valence-corrected chi connectivity index (χ2v) is 11.5. The van der Waals surface area contributed by atoms with Crippen molar-refractivity contribution in [3.05, 3.63) is 42.5 Å². The zero-order chi connectivity index (χ0) is 18.7. The smallest absolute Gasteiger partial charge is 0.140 e. The maximum Gasteiger partial charge on any atom is 0.140 e. The van der Waals surface area contributed by atoms with Crippen LogP contribution in [0.25, 0.3) is 22.2 Å². The van der Waals surface area contributed by atoms with E-state index in [9.17, 15) is 4.39 Å². The standard InChI is InChI=1S/C19H24FN3O2S/c1-24-18-7-5-6-15(20)19(18)16-10-14-11-22-23(17(14)12-21-16)13-25-8-9-26(2,3)4/h5-7,10-12H,8-9,13H2,1-4H3. The van der Waals surface area contributed by atoms with Crippen LogP contribution in [0.1, 0.15) is 0 Å². The molecular weight excluding hydrogens is 353 g/mol. The number of pyridine rings is 1. The second kappa shape index (κ2) is 7.63. The van der Waals surface area contributed by atoms with Crippen LogP contribution in [0.4, 0.5) is 4.39 Å². The molecule has 1 aromatic carbocycles. The van der Waals surface area contributed by atoms with Crippen LogP contribution in [0.5, 0.6) is 5.75 Å². The van der Waals surface area contributed by atoms with Crippen molar-refractivity contribution in [2.24, 2.45) is 0 Å². The van der Waals surface area contributed by atoms with Crippen molar-refractivity contribution >= 4 is 20.9 Å². The van der Waals surface area contributed by atoms with E-state index in [1.54, 1.807) is 29.2 Å². The third-order valence-electron chi connectivity index (χ3n) is 4.03. The summed E-state index contributed by atoms with van der Waals surface area (Å²) in [6.45, 7) is 1.08. The Hall–Kier alpha value is -2.12. The van der Waals surface area contributed by atoms with E-state index in [1.807, 2.05) is 6.07 Å². The number of fused-ring (bicyclic) bond motifs is 1. The average molecular weight is 377 g/mol. The van der Waals surface area contributed by atoms with Crippen LogP contribution in [-0.4, -0.2) is 53.0 Å². The van der Waals surface area contributed by atoms with Crippen molar-refractivity contribution in [3.63, 3.8) is 0 Å². The predicted molar refractivity (Wildman–Crippen MR) is 106 cm³/mol. The quantitative estimate of drug-likeness (QED) is 0.586. The molecule has 0 atom stereocenters. The van der Waals surface area contributed by atoms with Gasteiger partial charge in [-0.15, -0.1) is 0 Å². The average Bonchev–Trinajstić information content (AvgIpc) is 3.00. The van der Waals surface area contributed by atoms with E-state index >= 15 is 0 Å². The van der Waals surface area contributed by atoms with Crippen molar-refractivity contribution in [3.8, 4) is 17.0 Å². The van der Waals surface area contributed by atoms with Crippen LogP contribution in [0.15, 0.2) is 36.7 Å². The molecule has 0 bridgehead atoms. The first-order valence-corrected chi connectivity index (χ1v) is 11.3. The third kappa shape index (κ3) is 4.16. The number of ether oxygens (including phenoxy) is 2. The van der Waals surface area contributed by atoms with Gasteiger partial charge >= 0.3 is 0 Å². The summed E-state index contributed by atoms with van der Waals surface area (Å²) < 4.78 is 27.1. The Morgan fingerprint density at radius 3 is 2.73 bits per heavy atom. The lowest BCUT2D eigenvalue weighted by atomic mass is 10.1.